The summed E-state index contributed by atoms with van der Waals surface area (Å²) in [6, 6.07) is 3.41. The second-order valence-corrected chi connectivity index (χ2v) is 5.04. The lowest BCUT2D eigenvalue weighted by Gasteiger charge is -2.13. The molecular formula is C15H29N3. The number of nitrogens with one attached hydrogen (secondary N) is 1. The Labute approximate surface area is 112 Å². The predicted octanol–water partition coefficient (Wildman–Crippen LogP) is 3.56. The van der Waals surface area contributed by atoms with E-state index in [1.807, 2.05) is 0 Å². The summed E-state index contributed by atoms with van der Waals surface area (Å²) in [5, 5.41) is 8.05. The molecule has 0 amide bonds. The van der Waals surface area contributed by atoms with Gasteiger partial charge in [0.2, 0.25) is 0 Å². The minimum absolute atomic E-state index is 0.569. The van der Waals surface area contributed by atoms with Crippen LogP contribution in [0.4, 0.5) is 0 Å². The first-order valence-corrected chi connectivity index (χ1v) is 7.46. The first-order valence-electron chi connectivity index (χ1n) is 7.46. The van der Waals surface area contributed by atoms with Gasteiger partial charge in [-0.15, -0.1) is 0 Å². The second kappa shape index (κ2) is 8.30. The van der Waals surface area contributed by atoms with Gasteiger partial charge in [0.25, 0.3) is 0 Å². The van der Waals surface area contributed by atoms with Crippen molar-refractivity contribution in [1.29, 1.82) is 0 Å². The fraction of sp³-hybridized carbons (Fsp3) is 0.800. The van der Waals surface area contributed by atoms with Crippen molar-refractivity contribution in [3.8, 4) is 0 Å². The summed E-state index contributed by atoms with van der Waals surface area (Å²) in [5.41, 5.74) is 1.24. The molecule has 1 aromatic rings. The summed E-state index contributed by atoms with van der Waals surface area (Å²) in [6.07, 6.45) is 9.24. The van der Waals surface area contributed by atoms with Crippen molar-refractivity contribution < 1.29 is 0 Å². The minimum Gasteiger partial charge on any atom is -0.317 e. The standard InChI is InChI=1S/C15H29N3/c1-5-13(16-4)9-8-10-14-11-12-18(17-14)15(6-2)7-3/h11-13,15-16H,5-10H2,1-4H3. The molecule has 0 aliphatic carbocycles. The highest BCUT2D eigenvalue weighted by Gasteiger charge is 2.08. The number of hydrogen-bond acceptors (Lipinski definition) is 2. The molecule has 18 heavy (non-hydrogen) atoms. The fourth-order valence-electron chi connectivity index (χ4n) is 2.46. The number of rotatable bonds is 9. The Morgan fingerprint density at radius 1 is 1.22 bits per heavy atom. The normalized spacial score (nSPS) is 13.2. The molecule has 1 unspecified atom stereocenters. The molecule has 104 valence electrons. The van der Waals surface area contributed by atoms with E-state index in [0.717, 1.165) is 19.3 Å². The Bertz CT molecular complexity index is 311. The van der Waals surface area contributed by atoms with Crippen LogP contribution in [0.3, 0.4) is 0 Å². The molecule has 1 N–H and O–H groups in total. The van der Waals surface area contributed by atoms with E-state index >= 15 is 0 Å². The summed E-state index contributed by atoms with van der Waals surface area (Å²) in [5.74, 6) is 0. The Morgan fingerprint density at radius 2 is 1.94 bits per heavy atom. The van der Waals surface area contributed by atoms with Crippen LogP contribution in [0.25, 0.3) is 0 Å². The maximum atomic E-state index is 4.70. The summed E-state index contributed by atoms with van der Waals surface area (Å²) in [4.78, 5) is 0. The first kappa shape index (κ1) is 15.2. The van der Waals surface area contributed by atoms with E-state index in [0.29, 0.717) is 12.1 Å². The molecule has 3 nitrogen and oxygen atoms in total. The van der Waals surface area contributed by atoms with Crippen molar-refractivity contribution in [2.75, 3.05) is 7.05 Å². The van der Waals surface area contributed by atoms with Crippen LogP contribution in [-0.4, -0.2) is 22.9 Å². The molecule has 1 rings (SSSR count). The third kappa shape index (κ3) is 4.45. The van der Waals surface area contributed by atoms with Crippen molar-refractivity contribution in [3.05, 3.63) is 18.0 Å². The largest absolute Gasteiger partial charge is 0.317 e. The monoisotopic (exact) mass is 251 g/mol. The van der Waals surface area contributed by atoms with Crippen LogP contribution in [-0.2, 0) is 6.42 Å². The fourth-order valence-corrected chi connectivity index (χ4v) is 2.46. The van der Waals surface area contributed by atoms with E-state index in [1.165, 1.54) is 25.0 Å². The van der Waals surface area contributed by atoms with Crippen LogP contribution in [0.15, 0.2) is 12.3 Å². The van der Waals surface area contributed by atoms with E-state index < -0.39 is 0 Å². The Balaban J connectivity index is 2.39. The lowest BCUT2D eigenvalue weighted by molar-refractivity contribution is 0.423. The van der Waals surface area contributed by atoms with Crippen LogP contribution in [0.5, 0.6) is 0 Å². The van der Waals surface area contributed by atoms with Gasteiger partial charge in [0.15, 0.2) is 0 Å². The summed E-state index contributed by atoms with van der Waals surface area (Å²) >= 11 is 0. The highest BCUT2D eigenvalue weighted by molar-refractivity contribution is 5.00. The average Bonchev–Trinajstić information content (AvgIpc) is 2.85. The molecule has 1 heterocycles. The van der Waals surface area contributed by atoms with Crippen molar-refractivity contribution in [1.82, 2.24) is 15.1 Å². The van der Waals surface area contributed by atoms with Gasteiger partial charge in [-0.25, -0.2) is 0 Å². The van der Waals surface area contributed by atoms with Gasteiger partial charge in [-0.1, -0.05) is 20.8 Å². The molecule has 1 atom stereocenters. The van der Waals surface area contributed by atoms with Gasteiger partial charge in [-0.05, 0) is 51.6 Å². The molecule has 0 aliphatic heterocycles. The highest BCUT2D eigenvalue weighted by Crippen LogP contribution is 2.15. The van der Waals surface area contributed by atoms with Gasteiger partial charge in [0.05, 0.1) is 11.7 Å². The van der Waals surface area contributed by atoms with Crippen molar-refractivity contribution >= 4 is 0 Å². The highest BCUT2D eigenvalue weighted by atomic mass is 15.3. The maximum Gasteiger partial charge on any atom is 0.0624 e. The molecule has 0 aliphatic rings. The molecule has 0 spiro atoms. The van der Waals surface area contributed by atoms with Crippen LogP contribution >= 0.6 is 0 Å². The lowest BCUT2D eigenvalue weighted by Crippen LogP contribution is -2.24. The molecule has 0 fully saturated rings. The third-order valence-electron chi connectivity index (χ3n) is 3.87. The number of nitrogens with zero attached hydrogens (tertiary/aromatic N) is 2. The van der Waals surface area contributed by atoms with Gasteiger partial charge >= 0.3 is 0 Å². The lowest BCUT2D eigenvalue weighted by atomic mass is 10.1. The average molecular weight is 251 g/mol. The van der Waals surface area contributed by atoms with Gasteiger partial charge in [-0.3, -0.25) is 4.68 Å². The molecule has 1 aromatic heterocycles. The molecule has 0 aromatic carbocycles. The van der Waals surface area contributed by atoms with E-state index in [4.69, 9.17) is 5.10 Å². The van der Waals surface area contributed by atoms with Crippen molar-refractivity contribution in [2.24, 2.45) is 0 Å². The molecule has 0 radical (unpaired) electrons. The van der Waals surface area contributed by atoms with E-state index in [-0.39, 0.29) is 0 Å². The van der Waals surface area contributed by atoms with Gasteiger partial charge < -0.3 is 5.32 Å². The quantitative estimate of drug-likeness (QED) is 0.727. The molecule has 0 saturated carbocycles. The number of hydrogen-bond donors (Lipinski definition) is 1. The minimum atomic E-state index is 0.569. The number of aromatic nitrogens is 2. The Morgan fingerprint density at radius 3 is 2.50 bits per heavy atom. The zero-order valence-corrected chi connectivity index (χ0v) is 12.4. The van der Waals surface area contributed by atoms with Crippen molar-refractivity contribution in [2.45, 2.75) is 71.4 Å². The summed E-state index contributed by atoms with van der Waals surface area (Å²) in [6.45, 7) is 6.70. The van der Waals surface area contributed by atoms with Gasteiger partial charge in [-0.2, -0.15) is 5.10 Å². The summed E-state index contributed by atoms with van der Waals surface area (Å²) in [7, 11) is 2.05. The SMILES string of the molecule is CCC(CCCc1ccn(C(CC)CC)n1)NC. The van der Waals surface area contributed by atoms with E-state index in [1.54, 1.807) is 0 Å². The van der Waals surface area contributed by atoms with Gasteiger partial charge in [0, 0.05) is 12.2 Å². The zero-order valence-electron chi connectivity index (χ0n) is 12.4. The molecule has 0 bridgehead atoms. The smallest absolute Gasteiger partial charge is 0.0624 e. The summed E-state index contributed by atoms with van der Waals surface area (Å²) < 4.78 is 2.14. The number of aryl methyl sites for hydroxylation is 1. The molecular weight excluding hydrogens is 222 g/mol. The van der Waals surface area contributed by atoms with E-state index in [2.05, 4.69) is 50.1 Å². The third-order valence-corrected chi connectivity index (χ3v) is 3.87. The van der Waals surface area contributed by atoms with Crippen molar-refractivity contribution in [3.63, 3.8) is 0 Å². The second-order valence-electron chi connectivity index (χ2n) is 5.04. The zero-order chi connectivity index (χ0) is 13.4. The Kier molecular flexibility index (Phi) is 7.02. The van der Waals surface area contributed by atoms with Gasteiger partial charge in [0.1, 0.15) is 0 Å². The molecule has 0 saturated heterocycles. The van der Waals surface area contributed by atoms with Crippen LogP contribution in [0.1, 0.15) is 64.6 Å². The first-order chi connectivity index (χ1) is 8.74. The molecule has 3 heteroatoms. The van der Waals surface area contributed by atoms with Crippen LogP contribution in [0.2, 0.25) is 0 Å². The van der Waals surface area contributed by atoms with E-state index in [9.17, 15) is 0 Å². The van der Waals surface area contributed by atoms with Crippen LogP contribution in [0, 0.1) is 0 Å². The topological polar surface area (TPSA) is 29.9 Å². The predicted molar refractivity (Wildman–Crippen MR) is 77.9 cm³/mol. The Hall–Kier alpha value is -0.830. The maximum absolute atomic E-state index is 4.70. The van der Waals surface area contributed by atoms with Crippen LogP contribution < -0.4 is 5.32 Å².